The number of sulfonamides is 1. The smallest absolute Gasteiger partial charge is 0.262 e. The summed E-state index contributed by atoms with van der Waals surface area (Å²) in [5.74, 6) is -0.285. The first kappa shape index (κ1) is 27.9. The van der Waals surface area contributed by atoms with E-state index in [2.05, 4.69) is 5.32 Å². The van der Waals surface area contributed by atoms with Gasteiger partial charge in [0.15, 0.2) is 6.10 Å². The van der Waals surface area contributed by atoms with E-state index in [-0.39, 0.29) is 35.8 Å². The number of carbonyl (C=O) groups is 2. The number of fused-ring (bicyclic) bond motifs is 1. The van der Waals surface area contributed by atoms with E-state index in [0.717, 1.165) is 24.8 Å². The fourth-order valence-electron chi connectivity index (χ4n) is 5.42. The molecule has 1 fully saturated rings. The molecule has 3 aromatic carbocycles. The lowest BCUT2D eigenvalue weighted by Gasteiger charge is -2.37. The Morgan fingerprint density at radius 3 is 2.25 bits per heavy atom. The lowest BCUT2D eigenvalue weighted by atomic mass is 9.95. The highest BCUT2D eigenvalue weighted by molar-refractivity contribution is 7.89. The van der Waals surface area contributed by atoms with Gasteiger partial charge in [0.1, 0.15) is 5.75 Å². The van der Waals surface area contributed by atoms with E-state index in [1.54, 1.807) is 54.6 Å². The second-order valence-electron chi connectivity index (χ2n) is 10.3. The lowest BCUT2D eigenvalue weighted by molar-refractivity contribution is -0.128. The van der Waals surface area contributed by atoms with Gasteiger partial charge >= 0.3 is 0 Å². The summed E-state index contributed by atoms with van der Waals surface area (Å²) < 4.78 is 34.9. The summed E-state index contributed by atoms with van der Waals surface area (Å²) in [7, 11) is -3.90. The van der Waals surface area contributed by atoms with Crippen molar-refractivity contribution in [2.45, 2.75) is 55.6 Å². The summed E-state index contributed by atoms with van der Waals surface area (Å²) in [5, 5.41) is 2.92. The van der Waals surface area contributed by atoms with E-state index in [1.165, 1.54) is 9.21 Å². The van der Waals surface area contributed by atoms with Gasteiger partial charge in [-0.25, -0.2) is 8.42 Å². The van der Waals surface area contributed by atoms with Gasteiger partial charge in [-0.3, -0.25) is 9.59 Å². The number of rotatable bonds is 9. The van der Waals surface area contributed by atoms with Crippen LogP contribution in [0.15, 0.2) is 89.8 Å². The summed E-state index contributed by atoms with van der Waals surface area (Å²) in [5.41, 5.74) is 1.64. The summed E-state index contributed by atoms with van der Waals surface area (Å²) >= 11 is 0. The van der Waals surface area contributed by atoms with Gasteiger partial charge in [-0.1, -0.05) is 79.9 Å². The Bertz CT molecular complexity index is 1410. The van der Waals surface area contributed by atoms with Gasteiger partial charge in [-0.15, -0.1) is 0 Å². The van der Waals surface area contributed by atoms with E-state index in [9.17, 15) is 18.0 Å². The molecule has 0 radical (unpaired) electrons. The quantitative estimate of drug-likeness (QED) is 0.423. The molecule has 1 heterocycles. The summed E-state index contributed by atoms with van der Waals surface area (Å²) in [6, 6.07) is 24.9. The standard InChI is InChI=1S/C31H35N3O5S/c35-30(23-34(25-14-6-2-7-15-25)40(37,38)26-16-8-3-9-17-26)33-22-29(39-28-19-11-10-18-27(28)33)31(36)32-21-20-24-12-4-1-5-13-24/h1,3-5,8-13,16-19,25,29H,2,6-7,14-15,20-23H2,(H,32,36). The zero-order valence-electron chi connectivity index (χ0n) is 22.4. The molecule has 5 rings (SSSR count). The van der Waals surface area contributed by atoms with Gasteiger partial charge in [0.05, 0.1) is 23.7 Å². The number of hydrogen-bond donors (Lipinski definition) is 1. The Labute approximate surface area is 236 Å². The van der Waals surface area contributed by atoms with Crippen LogP contribution in [0.5, 0.6) is 5.75 Å². The molecule has 0 saturated heterocycles. The maximum Gasteiger partial charge on any atom is 0.262 e. The van der Waals surface area contributed by atoms with Gasteiger partial charge in [0.25, 0.3) is 5.91 Å². The van der Waals surface area contributed by atoms with Crippen LogP contribution < -0.4 is 15.0 Å². The first-order chi connectivity index (χ1) is 19.4. The van der Waals surface area contributed by atoms with E-state index in [4.69, 9.17) is 4.74 Å². The maximum atomic E-state index is 13.9. The zero-order valence-corrected chi connectivity index (χ0v) is 23.3. The molecule has 1 atom stereocenters. The van der Waals surface area contributed by atoms with Gasteiger partial charge in [0.2, 0.25) is 15.9 Å². The predicted octanol–water partition coefficient (Wildman–Crippen LogP) is 4.16. The zero-order chi connectivity index (χ0) is 28.0. The van der Waals surface area contributed by atoms with Crippen molar-refractivity contribution >= 4 is 27.5 Å². The second-order valence-corrected chi connectivity index (χ2v) is 12.2. The minimum absolute atomic E-state index is 0.00307. The van der Waals surface area contributed by atoms with Gasteiger partial charge < -0.3 is 15.0 Å². The number of hydrogen-bond acceptors (Lipinski definition) is 5. The average Bonchev–Trinajstić information content (AvgIpc) is 3.00. The number of benzene rings is 3. The molecule has 210 valence electrons. The van der Waals surface area contributed by atoms with Crippen molar-refractivity contribution in [2.24, 2.45) is 0 Å². The van der Waals surface area contributed by atoms with Gasteiger partial charge in [-0.05, 0) is 49.1 Å². The van der Waals surface area contributed by atoms with Gasteiger partial charge in [0, 0.05) is 12.6 Å². The molecule has 40 heavy (non-hydrogen) atoms. The first-order valence-electron chi connectivity index (χ1n) is 13.9. The molecular formula is C31H35N3O5S. The molecule has 0 aromatic heterocycles. The van der Waals surface area contributed by atoms with E-state index < -0.39 is 16.1 Å². The number of nitrogens with one attached hydrogen (secondary N) is 1. The molecule has 0 bridgehead atoms. The van der Waals surface area contributed by atoms with Crippen molar-refractivity contribution in [1.82, 2.24) is 9.62 Å². The number of anilines is 1. The van der Waals surface area contributed by atoms with E-state index in [0.29, 0.717) is 37.2 Å². The number of para-hydroxylation sites is 2. The van der Waals surface area contributed by atoms with Crippen molar-refractivity contribution in [2.75, 3.05) is 24.5 Å². The summed E-state index contributed by atoms with van der Waals surface area (Å²) in [6.07, 6.45) is 4.09. The molecule has 1 N–H and O–H groups in total. The van der Waals surface area contributed by atoms with E-state index >= 15 is 0 Å². The molecule has 2 aliphatic rings. The van der Waals surface area contributed by atoms with Crippen molar-refractivity contribution < 1.29 is 22.7 Å². The lowest BCUT2D eigenvalue weighted by Crippen LogP contribution is -2.54. The molecule has 2 amide bonds. The van der Waals surface area contributed by atoms with Crippen molar-refractivity contribution in [1.29, 1.82) is 0 Å². The Kier molecular flexibility index (Phi) is 8.81. The number of carbonyl (C=O) groups excluding carboxylic acids is 2. The third-order valence-electron chi connectivity index (χ3n) is 7.55. The molecule has 1 unspecified atom stereocenters. The second kappa shape index (κ2) is 12.7. The highest BCUT2D eigenvalue weighted by Gasteiger charge is 2.38. The molecule has 0 spiro atoms. The minimum atomic E-state index is -3.90. The van der Waals surface area contributed by atoms with Crippen LogP contribution in [-0.2, 0) is 26.0 Å². The normalized spacial score (nSPS) is 17.6. The van der Waals surface area contributed by atoms with E-state index in [1.807, 2.05) is 30.3 Å². The van der Waals surface area contributed by atoms with Crippen LogP contribution in [0.2, 0.25) is 0 Å². The first-order valence-corrected chi connectivity index (χ1v) is 15.3. The SMILES string of the molecule is O=C(NCCc1ccccc1)C1CN(C(=O)CN(C2CCCCC2)S(=O)(=O)c2ccccc2)c2ccccc2O1. The minimum Gasteiger partial charge on any atom is -0.477 e. The van der Waals surface area contributed by atoms with Gasteiger partial charge in [-0.2, -0.15) is 4.31 Å². The number of amides is 2. The van der Waals surface area contributed by atoms with Crippen molar-refractivity contribution in [3.63, 3.8) is 0 Å². The highest BCUT2D eigenvalue weighted by Crippen LogP contribution is 2.34. The molecule has 1 aliphatic heterocycles. The largest absolute Gasteiger partial charge is 0.477 e. The van der Waals surface area contributed by atoms with Crippen LogP contribution in [-0.4, -0.2) is 56.3 Å². The average molecular weight is 562 g/mol. The fourth-order valence-corrected chi connectivity index (χ4v) is 7.08. The van der Waals surface area contributed by atoms with Crippen LogP contribution in [0, 0.1) is 0 Å². The van der Waals surface area contributed by atoms with Crippen LogP contribution >= 0.6 is 0 Å². The Morgan fingerprint density at radius 1 is 0.875 bits per heavy atom. The molecule has 1 saturated carbocycles. The van der Waals surface area contributed by atoms with Crippen LogP contribution in [0.4, 0.5) is 5.69 Å². The third kappa shape index (κ3) is 6.37. The highest BCUT2D eigenvalue weighted by atomic mass is 32.2. The molecule has 9 heteroatoms. The Balaban J connectivity index is 1.35. The van der Waals surface area contributed by atoms with Crippen molar-refractivity contribution in [3.8, 4) is 5.75 Å². The molecular weight excluding hydrogens is 526 g/mol. The van der Waals surface area contributed by atoms with Crippen molar-refractivity contribution in [3.05, 3.63) is 90.5 Å². The number of nitrogens with zero attached hydrogens (tertiary/aromatic N) is 2. The molecule has 3 aromatic rings. The summed E-state index contributed by atoms with van der Waals surface area (Å²) in [4.78, 5) is 28.7. The monoisotopic (exact) mass is 561 g/mol. The van der Waals surface area contributed by atoms with Crippen LogP contribution in [0.25, 0.3) is 0 Å². The Morgan fingerprint density at radius 2 is 1.52 bits per heavy atom. The molecule has 8 nitrogen and oxygen atoms in total. The maximum absolute atomic E-state index is 13.9. The third-order valence-corrected chi connectivity index (χ3v) is 9.46. The van der Waals surface area contributed by atoms with Crippen LogP contribution in [0.1, 0.15) is 37.7 Å². The number of ether oxygens (including phenoxy) is 1. The Hall–Kier alpha value is -3.69. The van der Waals surface area contributed by atoms with Crippen LogP contribution in [0.3, 0.4) is 0 Å². The summed E-state index contributed by atoms with van der Waals surface area (Å²) in [6.45, 7) is 0.124. The fraction of sp³-hybridized carbons (Fsp3) is 0.355. The topological polar surface area (TPSA) is 96.0 Å². The molecule has 1 aliphatic carbocycles. The predicted molar refractivity (Wildman–Crippen MR) is 154 cm³/mol.